The fourth-order valence-corrected chi connectivity index (χ4v) is 8.20. The molecule has 0 bridgehead atoms. The maximum Gasteiger partial charge on any atom is 0.255 e. The highest BCUT2D eigenvalue weighted by Gasteiger charge is 2.17. The molecule has 11 heteroatoms. The van der Waals surface area contributed by atoms with E-state index in [1.807, 2.05) is 84.9 Å². The van der Waals surface area contributed by atoms with Crippen molar-refractivity contribution in [1.29, 1.82) is 0 Å². The Morgan fingerprint density at radius 1 is 0.767 bits per heavy atom. The van der Waals surface area contributed by atoms with E-state index in [9.17, 15) is 17.8 Å². The highest BCUT2D eigenvalue weighted by atomic mass is 32.2. The van der Waals surface area contributed by atoms with Gasteiger partial charge in [-0.15, -0.1) is 22.7 Å². The lowest BCUT2D eigenvalue weighted by Gasteiger charge is -2.10. The van der Waals surface area contributed by atoms with E-state index in [1.54, 1.807) is 19.1 Å². The Kier molecular flexibility index (Phi) is 7.28. The van der Waals surface area contributed by atoms with Gasteiger partial charge < -0.3 is 16.0 Å². The Labute approximate surface area is 255 Å². The molecule has 2 heterocycles. The van der Waals surface area contributed by atoms with E-state index < -0.39 is 10.1 Å². The summed E-state index contributed by atoms with van der Waals surface area (Å²) < 4.78 is 37.0. The van der Waals surface area contributed by atoms with Gasteiger partial charge in [0.1, 0.15) is 20.1 Å². The number of aryl methyl sites for hydroxylation is 1. The molecule has 0 saturated heterocycles. The van der Waals surface area contributed by atoms with Gasteiger partial charge in [0.05, 0.1) is 25.3 Å². The van der Waals surface area contributed by atoms with E-state index in [4.69, 9.17) is 4.98 Å². The van der Waals surface area contributed by atoms with Crippen LogP contribution in [0.4, 0.5) is 5.69 Å². The highest BCUT2D eigenvalue weighted by Crippen LogP contribution is 2.38. The Morgan fingerprint density at radius 2 is 1.44 bits per heavy atom. The average Bonchev–Trinajstić information content (AvgIpc) is 3.60. The number of carbonyl (C=O) groups excluding carboxylic acids is 1. The molecule has 0 aliphatic rings. The number of carbonyl (C=O) groups is 1. The standard InChI is InChI=1S/C32H21N3O4S3.H3N/c1-18-6-14-26-28(29(18)42(37,38)39)41-32(35-26)23-11-15-25-27(17-23)40-31(34-25)20-9-12-24(13-10-20)33-30(36)22-8-7-19-4-2-3-5-21(19)16-22;/h2-17H,1H3,(H,33,36)(H,37,38,39);1H3. The third kappa shape index (κ3) is 5.40. The number of nitrogens with zero attached hydrogens (tertiary/aromatic N) is 2. The normalized spacial score (nSPS) is 11.6. The van der Waals surface area contributed by atoms with Crippen LogP contribution in [0.15, 0.2) is 102 Å². The van der Waals surface area contributed by atoms with Crippen molar-refractivity contribution in [2.75, 3.05) is 5.32 Å². The fourth-order valence-electron chi connectivity index (χ4n) is 4.91. The summed E-state index contributed by atoms with van der Waals surface area (Å²) in [4.78, 5) is 22.0. The van der Waals surface area contributed by atoms with Crippen molar-refractivity contribution in [1.82, 2.24) is 16.1 Å². The van der Waals surface area contributed by atoms with Crippen LogP contribution in [0.25, 0.3) is 52.3 Å². The molecule has 5 aromatic carbocycles. The predicted molar refractivity (Wildman–Crippen MR) is 174 cm³/mol. The highest BCUT2D eigenvalue weighted by molar-refractivity contribution is 7.86. The summed E-state index contributed by atoms with van der Waals surface area (Å²) in [5.41, 5.74) is 4.73. The second-order valence-corrected chi connectivity index (χ2v) is 13.2. The SMILES string of the molecule is Cc1ccc2nc(-c3ccc4nc(-c5ccc(NC(=O)c6ccc7ccccc7c6)cc5)sc4c3)sc2c1S(=O)(=O)[O-].[NH4+]. The van der Waals surface area contributed by atoms with Crippen LogP contribution in [0.5, 0.6) is 0 Å². The van der Waals surface area contributed by atoms with Gasteiger partial charge in [-0.05, 0) is 83.9 Å². The molecule has 0 aliphatic carbocycles. The number of aromatic nitrogens is 2. The number of amides is 1. The van der Waals surface area contributed by atoms with Crippen molar-refractivity contribution >= 4 is 75.6 Å². The number of nitrogens with one attached hydrogen (secondary N) is 1. The molecule has 43 heavy (non-hydrogen) atoms. The molecule has 5 N–H and O–H groups in total. The number of quaternary nitrogens is 1. The van der Waals surface area contributed by atoms with Crippen LogP contribution in [0.1, 0.15) is 15.9 Å². The molecule has 214 valence electrons. The zero-order chi connectivity index (χ0) is 29.0. The van der Waals surface area contributed by atoms with Crippen molar-refractivity contribution < 1.29 is 17.8 Å². The van der Waals surface area contributed by atoms with Gasteiger partial charge in [0.25, 0.3) is 5.91 Å². The number of rotatable bonds is 5. The molecule has 7 aromatic rings. The second kappa shape index (κ2) is 11.0. The Morgan fingerprint density at radius 3 is 2.21 bits per heavy atom. The molecule has 0 aliphatic heterocycles. The van der Waals surface area contributed by atoms with Crippen LogP contribution in [-0.2, 0) is 10.1 Å². The van der Waals surface area contributed by atoms with E-state index in [0.717, 1.165) is 37.1 Å². The molecular weight excluding hydrogens is 601 g/mol. The zero-order valence-corrected chi connectivity index (χ0v) is 25.4. The van der Waals surface area contributed by atoms with Crippen LogP contribution in [-0.4, -0.2) is 28.8 Å². The minimum absolute atomic E-state index is 0. The first kappa shape index (κ1) is 28.6. The van der Waals surface area contributed by atoms with Crippen LogP contribution < -0.4 is 11.5 Å². The van der Waals surface area contributed by atoms with Gasteiger partial charge in [0.15, 0.2) is 0 Å². The molecule has 1 amide bonds. The summed E-state index contributed by atoms with van der Waals surface area (Å²) >= 11 is 2.72. The van der Waals surface area contributed by atoms with E-state index in [2.05, 4.69) is 10.3 Å². The summed E-state index contributed by atoms with van der Waals surface area (Å²) in [6.07, 6.45) is 0. The van der Waals surface area contributed by atoms with Crippen molar-refractivity contribution in [3.63, 3.8) is 0 Å². The van der Waals surface area contributed by atoms with Gasteiger partial charge in [-0.25, -0.2) is 18.4 Å². The first-order valence-corrected chi connectivity index (χ1v) is 15.9. The largest absolute Gasteiger partial charge is 0.744 e. The van der Waals surface area contributed by atoms with E-state index in [1.165, 1.54) is 22.7 Å². The van der Waals surface area contributed by atoms with Crippen LogP contribution in [0, 0.1) is 6.92 Å². The topological polar surface area (TPSA) is 149 Å². The first-order valence-electron chi connectivity index (χ1n) is 12.9. The minimum Gasteiger partial charge on any atom is -0.744 e. The van der Waals surface area contributed by atoms with Gasteiger partial charge in [-0.3, -0.25) is 4.79 Å². The molecule has 7 rings (SSSR count). The summed E-state index contributed by atoms with van der Waals surface area (Å²) in [5, 5.41) is 6.51. The maximum atomic E-state index is 12.8. The number of hydrogen-bond donors (Lipinski definition) is 2. The summed E-state index contributed by atoms with van der Waals surface area (Å²) in [6, 6.07) is 30.3. The van der Waals surface area contributed by atoms with Gasteiger partial charge in [-0.2, -0.15) is 0 Å². The lowest BCUT2D eigenvalue weighted by molar-refractivity contribution is 0.102. The lowest BCUT2D eigenvalue weighted by atomic mass is 10.1. The second-order valence-electron chi connectivity index (χ2n) is 9.83. The van der Waals surface area contributed by atoms with Crippen molar-refractivity contribution in [2.24, 2.45) is 0 Å². The maximum absolute atomic E-state index is 12.8. The average molecular weight is 625 g/mol. The first-order chi connectivity index (χ1) is 20.2. The number of fused-ring (bicyclic) bond motifs is 3. The number of benzene rings is 5. The van der Waals surface area contributed by atoms with Gasteiger partial charge in [0, 0.05) is 22.4 Å². The van der Waals surface area contributed by atoms with E-state index in [0.29, 0.717) is 32.0 Å². The minimum atomic E-state index is -4.63. The third-order valence-corrected chi connectivity index (χ3v) is 10.4. The van der Waals surface area contributed by atoms with Crippen molar-refractivity contribution in [3.05, 3.63) is 108 Å². The van der Waals surface area contributed by atoms with Gasteiger partial charge >= 0.3 is 0 Å². The molecule has 0 fully saturated rings. The summed E-state index contributed by atoms with van der Waals surface area (Å²) in [5.74, 6) is -0.175. The summed E-state index contributed by atoms with van der Waals surface area (Å²) in [7, 11) is -4.63. The molecule has 8 nitrogen and oxygen atoms in total. The predicted octanol–water partition coefficient (Wildman–Crippen LogP) is 8.23. The Balaban J connectivity index is 0.00000329. The van der Waals surface area contributed by atoms with Gasteiger partial charge in [-0.1, -0.05) is 36.4 Å². The summed E-state index contributed by atoms with van der Waals surface area (Å²) in [6.45, 7) is 1.61. The Bertz CT molecular complexity index is 2290. The van der Waals surface area contributed by atoms with Crippen LogP contribution in [0.3, 0.4) is 0 Å². The number of thiazole rings is 2. The van der Waals surface area contributed by atoms with Crippen molar-refractivity contribution in [2.45, 2.75) is 11.8 Å². The van der Waals surface area contributed by atoms with Crippen LogP contribution >= 0.6 is 22.7 Å². The third-order valence-electron chi connectivity index (χ3n) is 7.00. The molecule has 0 unspecified atom stereocenters. The van der Waals surface area contributed by atoms with E-state index in [-0.39, 0.29) is 17.0 Å². The van der Waals surface area contributed by atoms with Crippen LogP contribution in [0.2, 0.25) is 0 Å². The molecular formula is C32H24N4O4S3. The molecule has 0 atom stereocenters. The monoisotopic (exact) mass is 624 g/mol. The zero-order valence-electron chi connectivity index (χ0n) is 23.0. The van der Waals surface area contributed by atoms with Crippen molar-refractivity contribution in [3.8, 4) is 21.1 Å². The molecule has 2 aromatic heterocycles. The van der Waals surface area contributed by atoms with Gasteiger partial charge in [0.2, 0.25) is 0 Å². The lowest BCUT2D eigenvalue weighted by Crippen LogP contribution is -2.11. The Hall–Kier alpha value is -4.52. The van der Waals surface area contributed by atoms with E-state index >= 15 is 0 Å². The smallest absolute Gasteiger partial charge is 0.255 e. The molecule has 0 radical (unpaired) electrons. The molecule has 0 saturated carbocycles. The molecule has 0 spiro atoms. The number of hydrogen-bond acceptors (Lipinski definition) is 8. The fraction of sp³-hybridized carbons (Fsp3) is 0.0312. The number of anilines is 1. The quantitative estimate of drug-likeness (QED) is 0.184.